The van der Waals surface area contributed by atoms with E-state index in [1.807, 2.05) is 0 Å². The first-order valence-corrected chi connectivity index (χ1v) is 17.5. The third-order valence-electron chi connectivity index (χ3n) is 8.62. The largest absolute Gasteiger partial charge is 0.481 e. The molecule has 0 bridgehead atoms. The molecule has 226 valence electrons. The summed E-state index contributed by atoms with van der Waals surface area (Å²) < 4.78 is 0. The summed E-state index contributed by atoms with van der Waals surface area (Å²) in [6, 6.07) is 10.9. The number of carboxylic acids is 1. The van der Waals surface area contributed by atoms with E-state index in [1.165, 1.54) is 160 Å². The van der Waals surface area contributed by atoms with Crippen LogP contribution in [-0.2, 0) is 11.2 Å². The van der Waals surface area contributed by atoms with Gasteiger partial charge in [0.05, 0.1) is 5.92 Å². The van der Waals surface area contributed by atoms with Crippen molar-refractivity contribution in [3.8, 4) is 0 Å². The zero-order valence-electron chi connectivity index (χ0n) is 26.1. The van der Waals surface area contributed by atoms with Crippen LogP contribution < -0.4 is 0 Å². The Hall–Kier alpha value is -1.31. The first kappa shape index (κ1) is 35.7. The van der Waals surface area contributed by atoms with Crippen LogP contribution in [0.25, 0.3) is 0 Å². The summed E-state index contributed by atoms with van der Waals surface area (Å²) in [5.41, 5.74) is 1.48. The summed E-state index contributed by atoms with van der Waals surface area (Å²) in [6.07, 6.45) is 36.5. The zero-order chi connectivity index (χ0) is 28.1. The van der Waals surface area contributed by atoms with Gasteiger partial charge in [-0.15, -0.1) is 0 Å². The Morgan fingerprint density at radius 1 is 0.513 bits per heavy atom. The Balaban J connectivity index is 1.80. The number of rotatable bonds is 30. The predicted octanol–water partition coefficient (Wildman–Crippen LogP) is 12.5. The summed E-state index contributed by atoms with van der Waals surface area (Å²) in [5, 5.41) is 9.59. The highest BCUT2D eigenvalue weighted by Crippen LogP contribution is 2.20. The van der Waals surface area contributed by atoms with Gasteiger partial charge in [-0.05, 0) is 31.2 Å². The molecule has 2 heteroatoms. The number of carboxylic acid groups (broad SMARTS) is 1. The topological polar surface area (TPSA) is 37.3 Å². The van der Waals surface area contributed by atoms with E-state index in [0.717, 1.165) is 25.7 Å². The Kier molecular flexibility index (Phi) is 25.9. The number of hydrogen-bond acceptors (Lipinski definition) is 1. The van der Waals surface area contributed by atoms with Crippen LogP contribution in [0.15, 0.2) is 30.3 Å². The van der Waals surface area contributed by atoms with Gasteiger partial charge < -0.3 is 5.11 Å². The first-order valence-electron chi connectivity index (χ1n) is 17.5. The maximum absolute atomic E-state index is 11.6. The van der Waals surface area contributed by atoms with Crippen LogP contribution in [0.1, 0.15) is 186 Å². The van der Waals surface area contributed by atoms with Crippen LogP contribution in [0.5, 0.6) is 0 Å². The Morgan fingerprint density at radius 3 is 1.21 bits per heavy atom. The van der Waals surface area contributed by atoms with Gasteiger partial charge in [0.15, 0.2) is 0 Å². The Bertz CT molecular complexity index is 626. The molecule has 0 radical (unpaired) electrons. The second-order valence-corrected chi connectivity index (χ2v) is 12.3. The number of unbranched alkanes of at least 4 members (excludes halogenated alkanes) is 23. The van der Waals surface area contributed by atoms with Crippen molar-refractivity contribution < 1.29 is 9.90 Å². The monoisotopic (exact) mass is 543 g/mol. The van der Waals surface area contributed by atoms with E-state index in [1.54, 1.807) is 0 Å². The quantitative estimate of drug-likeness (QED) is 0.0981. The van der Waals surface area contributed by atoms with Crippen LogP contribution in [0, 0.1) is 5.92 Å². The summed E-state index contributed by atoms with van der Waals surface area (Å²) >= 11 is 0. The second-order valence-electron chi connectivity index (χ2n) is 12.3. The highest BCUT2D eigenvalue weighted by Gasteiger charge is 2.16. The van der Waals surface area contributed by atoms with Gasteiger partial charge in [0.25, 0.3) is 0 Å². The fourth-order valence-electron chi connectivity index (χ4n) is 5.93. The molecule has 0 heterocycles. The lowest BCUT2D eigenvalue weighted by molar-refractivity contribution is -0.142. The number of aliphatic carboxylic acids is 1. The summed E-state index contributed by atoms with van der Waals surface area (Å²) in [4.78, 5) is 11.6. The van der Waals surface area contributed by atoms with Gasteiger partial charge in [0, 0.05) is 0 Å². The molecule has 0 amide bonds. The van der Waals surface area contributed by atoms with Crippen molar-refractivity contribution in [1.82, 2.24) is 0 Å². The average molecular weight is 543 g/mol. The third-order valence-corrected chi connectivity index (χ3v) is 8.62. The van der Waals surface area contributed by atoms with Gasteiger partial charge in [0.1, 0.15) is 0 Å². The van der Waals surface area contributed by atoms with E-state index in [4.69, 9.17) is 0 Å². The highest BCUT2D eigenvalue weighted by atomic mass is 16.4. The van der Waals surface area contributed by atoms with Crippen molar-refractivity contribution in [3.63, 3.8) is 0 Å². The van der Waals surface area contributed by atoms with Gasteiger partial charge in [-0.2, -0.15) is 0 Å². The van der Waals surface area contributed by atoms with Gasteiger partial charge >= 0.3 is 5.97 Å². The van der Waals surface area contributed by atoms with E-state index in [2.05, 4.69) is 37.3 Å². The molecule has 1 N–H and O–H groups in total. The van der Waals surface area contributed by atoms with E-state index in [9.17, 15) is 9.90 Å². The number of benzene rings is 1. The lowest BCUT2D eigenvalue weighted by atomic mass is 9.94. The van der Waals surface area contributed by atoms with Gasteiger partial charge in [-0.25, -0.2) is 0 Å². The fraction of sp³-hybridized carbons (Fsp3) is 0.811. The third kappa shape index (κ3) is 24.2. The Labute approximate surface area is 244 Å². The molecule has 1 unspecified atom stereocenters. The Morgan fingerprint density at radius 2 is 0.846 bits per heavy atom. The lowest BCUT2D eigenvalue weighted by Gasteiger charge is -2.12. The van der Waals surface area contributed by atoms with E-state index in [0.29, 0.717) is 0 Å². The minimum Gasteiger partial charge on any atom is -0.481 e. The maximum Gasteiger partial charge on any atom is 0.306 e. The van der Waals surface area contributed by atoms with Crippen molar-refractivity contribution in [2.45, 2.75) is 187 Å². The molecular weight excluding hydrogens is 476 g/mol. The van der Waals surface area contributed by atoms with Crippen molar-refractivity contribution in [1.29, 1.82) is 0 Å². The lowest BCUT2D eigenvalue weighted by Crippen LogP contribution is -2.13. The van der Waals surface area contributed by atoms with E-state index >= 15 is 0 Å². The molecule has 0 aliphatic rings. The molecule has 1 rings (SSSR count). The average Bonchev–Trinajstić information content (AvgIpc) is 2.94. The molecular formula is C37H66O2. The van der Waals surface area contributed by atoms with Crippen LogP contribution >= 0.6 is 0 Å². The molecule has 0 aliphatic heterocycles. The molecule has 0 fully saturated rings. The molecule has 0 spiro atoms. The number of hydrogen-bond donors (Lipinski definition) is 1. The van der Waals surface area contributed by atoms with Crippen LogP contribution in [0.2, 0.25) is 0 Å². The molecule has 0 aliphatic carbocycles. The van der Waals surface area contributed by atoms with Crippen molar-refractivity contribution in [2.24, 2.45) is 5.92 Å². The highest BCUT2D eigenvalue weighted by molar-refractivity contribution is 5.69. The molecule has 0 saturated carbocycles. The molecule has 0 saturated heterocycles. The van der Waals surface area contributed by atoms with Gasteiger partial charge in [-0.3, -0.25) is 4.79 Å². The van der Waals surface area contributed by atoms with E-state index < -0.39 is 5.97 Å². The predicted molar refractivity (Wildman–Crippen MR) is 172 cm³/mol. The molecule has 1 atom stereocenters. The van der Waals surface area contributed by atoms with Crippen molar-refractivity contribution in [3.05, 3.63) is 35.9 Å². The van der Waals surface area contributed by atoms with E-state index in [-0.39, 0.29) is 5.92 Å². The SMILES string of the molecule is CCCCCCCCCCCCCC(CCCCCCCCCCCCCCCCc1ccccc1)C(=O)O. The van der Waals surface area contributed by atoms with Crippen molar-refractivity contribution >= 4 is 5.97 Å². The van der Waals surface area contributed by atoms with Gasteiger partial charge in [-0.1, -0.05) is 191 Å². The molecule has 1 aromatic rings. The summed E-state index contributed by atoms with van der Waals surface area (Å²) in [5.74, 6) is -0.665. The standard InChI is InChI=1S/C37H66O2/c1-2-3-4-5-6-7-12-16-19-22-28-33-36(37(38)39)34-29-23-20-17-14-11-9-8-10-13-15-18-21-25-30-35-31-26-24-27-32-35/h24,26-27,31-32,36H,2-23,25,28-30,33-34H2,1H3,(H,38,39). The molecule has 0 aromatic heterocycles. The van der Waals surface area contributed by atoms with Gasteiger partial charge in [0.2, 0.25) is 0 Å². The molecule has 39 heavy (non-hydrogen) atoms. The first-order chi connectivity index (χ1) is 19.2. The van der Waals surface area contributed by atoms with Crippen LogP contribution in [-0.4, -0.2) is 11.1 Å². The fourth-order valence-corrected chi connectivity index (χ4v) is 5.93. The molecule has 2 nitrogen and oxygen atoms in total. The summed E-state index contributed by atoms with van der Waals surface area (Å²) in [7, 11) is 0. The minimum absolute atomic E-state index is 0.104. The molecule has 1 aromatic carbocycles. The van der Waals surface area contributed by atoms with Crippen molar-refractivity contribution in [2.75, 3.05) is 0 Å². The van der Waals surface area contributed by atoms with Crippen LogP contribution in [0.4, 0.5) is 0 Å². The zero-order valence-corrected chi connectivity index (χ0v) is 26.1. The van der Waals surface area contributed by atoms with Crippen LogP contribution in [0.3, 0.4) is 0 Å². The maximum atomic E-state index is 11.6. The smallest absolute Gasteiger partial charge is 0.306 e. The second kappa shape index (κ2) is 28.2. The summed E-state index contributed by atoms with van der Waals surface area (Å²) in [6.45, 7) is 2.27. The normalized spacial score (nSPS) is 12.1. The minimum atomic E-state index is -0.561. The number of aryl methyl sites for hydroxylation is 1. The number of carbonyl (C=O) groups is 1.